The van der Waals surface area contributed by atoms with Gasteiger partial charge in [0.15, 0.2) is 30.9 Å². The van der Waals surface area contributed by atoms with Crippen molar-refractivity contribution in [3.8, 4) is 0 Å². The smallest absolute Gasteiger partial charge is 0.217 e. The van der Waals surface area contributed by atoms with Gasteiger partial charge in [0.2, 0.25) is 5.91 Å². The van der Waals surface area contributed by atoms with Gasteiger partial charge in [-0.2, -0.15) is 0 Å². The van der Waals surface area contributed by atoms with Gasteiger partial charge in [-0.3, -0.25) is 9.59 Å². The number of aliphatic hydroxyl groups is 11. The average Bonchev–Trinajstić information content (AvgIpc) is 3.72. The van der Waals surface area contributed by atoms with E-state index in [-0.39, 0.29) is 29.1 Å². The SMILES string of the molecule is CC(=O)N[C@H]1[C@H](O[C@H]2[C@H](O[C@H]3CC[C@]4(C)C5=C(CC[C@H]4C3(C)C)[C@@H]3CC[C@H]([C@H](C)CC(=O)C=C(C)C)[C@@]3(C)CC5)OC[C@@H](O)[C@@H]2O)O[C@H](CO[C@@H]2O[C@H](CO)[C@@H](O)[C@H](O)[C@H]2O[C@@H]2O[C@H](CO)[C@@H](O)[C@H](O)[C@H]2O)[C@@H](O)[C@@H]1O. The second kappa shape index (κ2) is 23.8. The summed E-state index contributed by atoms with van der Waals surface area (Å²) in [7, 11) is 0. The summed E-state index contributed by atoms with van der Waals surface area (Å²) < 4.78 is 48.5. The molecule has 76 heavy (non-hydrogen) atoms. The molecule has 4 saturated heterocycles. The summed E-state index contributed by atoms with van der Waals surface area (Å²) in [5.74, 6) is 1.02. The fraction of sp³-hybridized carbons (Fsp3) is 0.889. The Balaban J connectivity index is 0.976. The highest BCUT2D eigenvalue weighted by Gasteiger charge is 2.61. The maximum absolute atomic E-state index is 12.9. The van der Waals surface area contributed by atoms with Crippen molar-refractivity contribution in [1.29, 1.82) is 0 Å². The van der Waals surface area contributed by atoms with Crippen molar-refractivity contribution in [2.24, 2.45) is 39.9 Å². The lowest BCUT2D eigenvalue weighted by molar-refractivity contribution is -0.376. The molecule has 4 aliphatic heterocycles. The molecule has 434 valence electrons. The fourth-order valence-corrected chi connectivity index (χ4v) is 15.1. The quantitative estimate of drug-likeness (QED) is 0.0675. The van der Waals surface area contributed by atoms with Crippen LogP contribution in [0.25, 0.3) is 0 Å². The third-order valence-corrected chi connectivity index (χ3v) is 19.1. The summed E-state index contributed by atoms with van der Waals surface area (Å²) in [6, 6.07) is -1.48. The Morgan fingerprint density at radius 3 is 1.96 bits per heavy atom. The van der Waals surface area contributed by atoms with Crippen LogP contribution in [0.5, 0.6) is 0 Å². The van der Waals surface area contributed by atoms with Crippen LogP contribution in [-0.2, 0) is 47.5 Å². The van der Waals surface area contributed by atoms with Crippen LogP contribution >= 0.6 is 0 Å². The molecule has 8 aliphatic rings. The van der Waals surface area contributed by atoms with Crippen LogP contribution in [-0.4, -0.2) is 217 Å². The normalized spacial score (nSPS) is 47.8. The zero-order chi connectivity index (χ0) is 55.5. The monoisotopic (exact) mass is 1090 g/mol. The Kier molecular flexibility index (Phi) is 18.7. The molecule has 26 atom stereocenters. The molecule has 22 heteroatoms. The maximum Gasteiger partial charge on any atom is 0.217 e. The molecule has 1 amide bonds. The largest absolute Gasteiger partial charge is 0.394 e. The maximum atomic E-state index is 12.9. The summed E-state index contributed by atoms with van der Waals surface area (Å²) in [5.41, 5.74) is 3.82. The Hall–Kier alpha value is -2.14. The minimum Gasteiger partial charge on any atom is -0.394 e. The second-order valence-electron chi connectivity index (χ2n) is 24.6. The molecule has 8 rings (SSSR count). The number of allylic oxidation sites excluding steroid dienone is 4. The number of fused-ring (bicyclic) bond motifs is 4. The van der Waals surface area contributed by atoms with Crippen molar-refractivity contribution in [2.45, 2.75) is 236 Å². The third kappa shape index (κ3) is 11.4. The Labute approximate surface area is 444 Å². The van der Waals surface area contributed by atoms with Gasteiger partial charge in [0.25, 0.3) is 0 Å². The van der Waals surface area contributed by atoms with E-state index in [0.717, 1.165) is 50.5 Å². The summed E-state index contributed by atoms with van der Waals surface area (Å²) in [6.45, 7) is 14.0. The zero-order valence-corrected chi connectivity index (χ0v) is 45.1. The van der Waals surface area contributed by atoms with Gasteiger partial charge in [-0.25, -0.2) is 0 Å². The molecule has 22 nitrogen and oxygen atoms in total. The molecule has 0 spiro atoms. The molecule has 0 aromatic carbocycles. The number of hydrogen-bond donors (Lipinski definition) is 12. The van der Waals surface area contributed by atoms with Crippen LogP contribution in [0.2, 0.25) is 0 Å². The lowest BCUT2D eigenvalue weighted by Crippen LogP contribution is -2.67. The van der Waals surface area contributed by atoms with Gasteiger partial charge in [-0.1, -0.05) is 51.3 Å². The van der Waals surface area contributed by atoms with Crippen molar-refractivity contribution in [3.05, 3.63) is 22.8 Å². The van der Waals surface area contributed by atoms with Gasteiger partial charge in [0.1, 0.15) is 91.5 Å². The first-order valence-corrected chi connectivity index (χ1v) is 27.4. The molecular weight excluding hydrogens is 999 g/mol. The third-order valence-electron chi connectivity index (χ3n) is 19.1. The van der Waals surface area contributed by atoms with Crippen molar-refractivity contribution in [1.82, 2.24) is 5.32 Å². The number of rotatable bonds is 16. The number of carbonyl (C=O) groups excluding carboxylic acids is 2. The van der Waals surface area contributed by atoms with E-state index in [1.807, 2.05) is 13.8 Å². The second-order valence-corrected chi connectivity index (χ2v) is 24.6. The molecule has 2 saturated carbocycles. The summed E-state index contributed by atoms with van der Waals surface area (Å²) in [6.07, 6.45) is -20.5. The first-order valence-electron chi connectivity index (χ1n) is 27.4. The van der Waals surface area contributed by atoms with Gasteiger partial charge >= 0.3 is 0 Å². The van der Waals surface area contributed by atoms with E-state index in [1.165, 1.54) is 6.92 Å². The number of ether oxygens (including phenoxy) is 8. The van der Waals surface area contributed by atoms with Crippen LogP contribution in [0.15, 0.2) is 22.8 Å². The Morgan fingerprint density at radius 2 is 1.30 bits per heavy atom. The predicted octanol–water partition coefficient (Wildman–Crippen LogP) is -0.652. The first kappa shape index (κ1) is 60.0. The number of amides is 1. The molecule has 0 aromatic rings. The van der Waals surface area contributed by atoms with Crippen LogP contribution < -0.4 is 5.32 Å². The van der Waals surface area contributed by atoms with Crippen molar-refractivity contribution in [3.63, 3.8) is 0 Å². The van der Waals surface area contributed by atoms with Crippen molar-refractivity contribution >= 4 is 11.7 Å². The van der Waals surface area contributed by atoms with E-state index < -0.39 is 154 Å². The van der Waals surface area contributed by atoms with Gasteiger partial charge < -0.3 is 99.4 Å². The average molecular weight is 1090 g/mol. The highest BCUT2D eigenvalue weighted by Crippen LogP contribution is 2.68. The number of nitrogens with one attached hydrogen (secondary N) is 1. The summed E-state index contributed by atoms with van der Waals surface area (Å²) in [5, 5.41) is 121. The van der Waals surface area contributed by atoms with Gasteiger partial charge in [-0.05, 0) is 111 Å². The van der Waals surface area contributed by atoms with E-state index in [2.05, 4.69) is 39.9 Å². The highest BCUT2D eigenvalue weighted by molar-refractivity contribution is 5.90. The van der Waals surface area contributed by atoms with Crippen molar-refractivity contribution in [2.75, 3.05) is 26.4 Å². The van der Waals surface area contributed by atoms with Crippen molar-refractivity contribution < 1.29 is 104 Å². The standard InChI is InChI=1S/C54H87NO21/c1-23(2)17-26(59)18-24(3)28-10-11-29-27-9-12-35-52(5,6)36(14-16-54(35,8)30(27)13-15-53(28,29)7)74-51-46(38(61)31(60)21-69-51)75-48-37(55-25(4)58)42(65)41(64)34(73-48)22-70-50-47(44(67)40(63)33(20-57)72-50)76-49-45(68)43(66)39(62)32(19-56)71-49/h17,24,28-29,31-51,56-57,60-68H,9-16,18-22H2,1-8H3,(H,55,58)/t24-,28-,29+,31-,32-,33-,34-,35+,36+,37-,38+,39-,40-,41-,42-,43+,44+,45-,46-,47-,48+,49+,50-,51+,53-,54-/m1/s1. The zero-order valence-electron chi connectivity index (χ0n) is 45.1. The molecular formula is C54H87NO21. The molecule has 6 fully saturated rings. The molecule has 0 bridgehead atoms. The lowest BCUT2D eigenvalue weighted by atomic mass is 9.45. The summed E-state index contributed by atoms with van der Waals surface area (Å²) in [4.78, 5) is 25.5. The van der Waals surface area contributed by atoms with E-state index in [4.69, 9.17) is 37.9 Å². The van der Waals surface area contributed by atoms with Gasteiger partial charge in [-0.15, -0.1) is 0 Å². The summed E-state index contributed by atoms with van der Waals surface area (Å²) >= 11 is 0. The van der Waals surface area contributed by atoms with Crippen LogP contribution in [0.3, 0.4) is 0 Å². The minimum absolute atomic E-state index is 0.0956. The molecule has 4 aliphatic carbocycles. The molecule has 0 unspecified atom stereocenters. The van der Waals surface area contributed by atoms with E-state index in [9.17, 15) is 65.8 Å². The Morgan fingerprint density at radius 1 is 0.684 bits per heavy atom. The Bertz CT molecular complexity index is 2090. The van der Waals surface area contributed by atoms with Crippen LogP contribution in [0.1, 0.15) is 113 Å². The first-order chi connectivity index (χ1) is 35.8. The van der Waals surface area contributed by atoms with E-state index in [0.29, 0.717) is 30.6 Å². The lowest BCUT2D eigenvalue weighted by Gasteiger charge is -2.61. The van der Waals surface area contributed by atoms with Crippen LogP contribution in [0.4, 0.5) is 0 Å². The fourth-order valence-electron chi connectivity index (χ4n) is 15.1. The highest BCUT2D eigenvalue weighted by atomic mass is 16.8. The number of hydrogen-bond acceptors (Lipinski definition) is 21. The van der Waals surface area contributed by atoms with Gasteiger partial charge in [0.05, 0.1) is 32.5 Å². The molecule has 12 N–H and O–H groups in total. The number of ketones is 1. The predicted molar refractivity (Wildman–Crippen MR) is 265 cm³/mol. The molecule has 4 heterocycles. The number of aliphatic hydroxyl groups excluding tert-OH is 11. The minimum atomic E-state index is -1.93. The molecule has 0 aromatic heterocycles. The van der Waals surface area contributed by atoms with Gasteiger partial charge in [0, 0.05) is 13.3 Å². The van der Waals surface area contributed by atoms with E-state index >= 15 is 0 Å². The molecule has 0 radical (unpaired) electrons. The number of carbonyl (C=O) groups is 2. The topological polar surface area (TPSA) is 343 Å². The van der Waals surface area contributed by atoms with E-state index in [1.54, 1.807) is 17.2 Å². The van der Waals surface area contributed by atoms with Crippen LogP contribution in [0, 0.1) is 39.9 Å².